The second kappa shape index (κ2) is 7.13. The van der Waals surface area contributed by atoms with Crippen molar-refractivity contribution in [2.45, 2.75) is 13.0 Å². The number of rotatable bonds is 5. The topological polar surface area (TPSA) is 60.3 Å². The lowest BCUT2D eigenvalue weighted by atomic mass is 10.1. The number of nitrogens with one attached hydrogen (secondary N) is 1. The number of aryl methyl sites for hydroxylation is 1. The SMILES string of the molecule is C[C@@H](NC(=O)COC(=O)c1cccn1C)c1cccc(Cl)c1. The molecule has 0 unspecified atom stereocenters. The second-order valence-corrected chi connectivity index (χ2v) is 5.36. The van der Waals surface area contributed by atoms with E-state index in [0.717, 1.165) is 5.56 Å². The number of benzene rings is 1. The lowest BCUT2D eigenvalue weighted by Crippen LogP contribution is -2.31. The van der Waals surface area contributed by atoms with E-state index >= 15 is 0 Å². The number of carbonyl (C=O) groups is 2. The Hall–Kier alpha value is -2.27. The van der Waals surface area contributed by atoms with Gasteiger partial charge in [-0.25, -0.2) is 4.79 Å². The summed E-state index contributed by atoms with van der Waals surface area (Å²) < 4.78 is 6.63. The number of nitrogens with zero attached hydrogens (tertiary/aromatic N) is 1. The zero-order chi connectivity index (χ0) is 16.1. The number of carbonyl (C=O) groups excluding carboxylic acids is 2. The molecular formula is C16H17ClN2O3. The van der Waals surface area contributed by atoms with Crippen molar-refractivity contribution in [2.24, 2.45) is 7.05 Å². The maximum atomic E-state index is 11.8. The van der Waals surface area contributed by atoms with Gasteiger partial charge in [-0.15, -0.1) is 0 Å². The molecule has 5 nitrogen and oxygen atoms in total. The molecule has 0 saturated carbocycles. The molecule has 1 heterocycles. The highest BCUT2D eigenvalue weighted by atomic mass is 35.5. The van der Waals surface area contributed by atoms with Crippen molar-refractivity contribution < 1.29 is 14.3 Å². The minimum absolute atomic E-state index is 0.222. The Morgan fingerprint density at radius 2 is 2.09 bits per heavy atom. The van der Waals surface area contributed by atoms with Gasteiger partial charge in [0, 0.05) is 18.3 Å². The van der Waals surface area contributed by atoms with E-state index in [9.17, 15) is 9.59 Å². The number of amides is 1. The summed E-state index contributed by atoms with van der Waals surface area (Å²) >= 11 is 5.92. The Morgan fingerprint density at radius 3 is 2.73 bits per heavy atom. The Kier molecular flexibility index (Phi) is 5.22. The smallest absolute Gasteiger partial charge is 0.355 e. The lowest BCUT2D eigenvalue weighted by Gasteiger charge is -2.14. The molecule has 1 aromatic heterocycles. The summed E-state index contributed by atoms with van der Waals surface area (Å²) in [6.07, 6.45) is 1.73. The number of aromatic nitrogens is 1. The van der Waals surface area contributed by atoms with E-state index in [0.29, 0.717) is 10.7 Å². The molecule has 0 saturated heterocycles. The van der Waals surface area contributed by atoms with Crippen LogP contribution in [0.25, 0.3) is 0 Å². The summed E-state index contributed by atoms with van der Waals surface area (Å²) in [6.45, 7) is 1.51. The van der Waals surface area contributed by atoms with Crippen molar-refractivity contribution in [1.29, 1.82) is 0 Å². The van der Waals surface area contributed by atoms with Gasteiger partial charge in [-0.1, -0.05) is 23.7 Å². The Labute approximate surface area is 133 Å². The van der Waals surface area contributed by atoms with E-state index < -0.39 is 5.97 Å². The van der Waals surface area contributed by atoms with Gasteiger partial charge in [-0.3, -0.25) is 4.79 Å². The Balaban J connectivity index is 1.85. The molecule has 0 aliphatic heterocycles. The Bertz CT molecular complexity index is 682. The van der Waals surface area contributed by atoms with Crippen molar-refractivity contribution in [3.63, 3.8) is 0 Å². The minimum Gasteiger partial charge on any atom is -0.451 e. The molecule has 0 bridgehead atoms. The molecule has 1 aromatic carbocycles. The molecule has 0 spiro atoms. The average molecular weight is 321 g/mol. The average Bonchev–Trinajstić information content (AvgIpc) is 2.91. The summed E-state index contributed by atoms with van der Waals surface area (Å²) in [5.41, 5.74) is 1.28. The summed E-state index contributed by atoms with van der Waals surface area (Å²) in [6, 6.07) is 10.4. The van der Waals surface area contributed by atoms with Gasteiger partial charge < -0.3 is 14.6 Å². The van der Waals surface area contributed by atoms with Crippen molar-refractivity contribution >= 4 is 23.5 Å². The van der Waals surface area contributed by atoms with E-state index in [-0.39, 0.29) is 18.6 Å². The molecule has 0 aliphatic rings. The van der Waals surface area contributed by atoms with Crippen LogP contribution in [0.5, 0.6) is 0 Å². The van der Waals surface area contributed by atoms with E-state index in [4.69, 9.17) is 16.3 Å². The normalized spacial score (nSPS) is 11.8. The standard InChI is InChI=1S/C16H17ClN2O3/c1-11(12-5-3-6-13(17)9-12)18-15(20)10-22-16(21)14-7-4-8-19(14)2/h3-9,11H,10H2,1-2H3,(H,18,20)/t11-/m1/s1. The maximum absolute atomic E-state index is 11.8. The number of hydrogen-bond acceptors (Lipinski definition) is 3. The third-order valence-electron chi connectivity index (χ3n) is 3.21. The number of esters is 1. The zero-order valence-electron chi connectivity index (χ0n) is 12.4. The lowest BCUT2D eigenvalue weighted by molar-refractivity contribution is -0.124. The van der Waals surface area contributed by atoms with Crippen LogP contribution < -0.4 is 5.32 Å². The van der Waals surface area contributed by atoms with Crippen LogP contribution in [0.15, 0.2) is 42.6 Å². The zero-order valence-corrected chi connectivity index (χ0v) is 13.1. The first kappa shape index (κ1) is 16.1. The van der Waals surface area contributed by atoms with Crippen LogP contribution in [0.2, 0.25) is 5.02 Å². The highest BCUT2D eigenvalue weighted by molar-refractivity contribution is 6.30. The largest absolute Gasteiger partial charge is 0.451 e. The monoisotopic (exact) mass is 320 g/mol. The molecule has 0 radical (unpaired) electrons. The van der Waals surface area contributed by atoms with Crippen LogP contribution in [-0.4, -0.2) is 23.1 Å². The molecule has 6 heteroatoms. The fourth-order valence-electron chi connectivity index (χ4n) is 2.02. The molecule has 1 atom stereocenters. The van der Waals surface area contributed by atoms with E-state index in [2.05, 4.69) is 5.32 Å². The predicted molar refractivity (Wildman–Crippen MR) is 83.7 cm³/mol. The molecule has 0 fully saturated rings. The first-order valence-electron chi connectivity index (χ1n) is 6.80. The Morgan fingerprint density at radius 1 is 1.32 bits per heavy atom. The highest BCUT2D eigenvalue weighted by Crippen LogP contribution is 2.17. The first-order chi connectivity index (χ1) is 10.5. The summed E-state index contributed by atoms with van der Waals surface area (Å²) in [4.78, 5) is 23.6. The van der Waals surface area contributed by atoms with Gasteiger partial charge in [0.1, 0.15) is 5.69 Å². The molecule has 0 aliphatic carbocycles. The van der Waals surface area contributed by atoms with Crippen LogP contribution in [0.1, 0.15) is 29.0 Å². The molecule has 2 rings (SSSR count). The molecular weight excluding hydrogens is 304 g/mol. The highest BCUT2D eigenvalue weighted by Gasteiger charge is 2.14. The van der Waals surface area contributed by atoms with Crippen molar-refractivity contribution in [3.05, 3.63) is 58.9 Å². The fourth-order valence-corrected chi connectivity index (χ4v) is 2.22. The van der Waals surface area contributed by atoms with E-state index in [1.165, 1.54) is 0 Å². The van der Waals surface area contributed by atoms with Crippen molar-refractivity contribution in [2.75, 3.05) is 6.61 Å². The second-order valence-electron chi connectivity index (χ2n) is 4.92. The molecule has 116 valence electrons. The first-order valence-corrected chi connectivity index (χ1v) is 7.18. The summed E-state index contributed by atoms with van der Waals surface area (Å²) in [7, 11) is 1.73. The van der Waals surface area contributed by atoms with Crippen molar-refractivity contribution in [3.8, 4) is 0 Å². The van der Waals surface area contributed by atoms with Gasteiger partial charge in [-0.2, -0.15) is 0 Å². The number of ether oxygens (including phenoxy) is 1. The number of halogens is 1. The third-order valence-corrected chi connectivity index (χ3v) is 3.45. The van der Waals surface area contributed by atoms with Crippen LogP contribution in [0.3, 0.4) is 0 Å². The van der Waals surface area contributed by atoms with Crippen LogP contribution >= 0.6 is 11.6 Å². The van der Waals surface area contributed by atoms with Gasteiger partial charge in [0.25, 0.3) is 5.91 Å². The van der Waals surface area contributed by atoms with Gasteiger partial charge >= 0.3 is 5.97 Å². The van der Waals surface area contributed by atoms with E-state index in [1.807, 2.05) is 19.1 Å². The maximum Gasteiger partial charge on any atom is 0.355 e. The summed E-state index contributed by atoms with van der Waals surface area (Å²) in [5.74, 6) is -0.895. The molecule has 22 heavy (non-hydrogen) atoms. The third kappa shape index (κ3) is 4.11. The molecule has 2 aromatic rings. The molecule has 1 N–H and O–H groups in total. The minimum atomic E-state index is -0.530. The van der Waals surface area contributed by atoms with Gasteiger partial charge in [0.15, 0.2) is 6.61 Å². The summed E-state index contributed by atoms with van der Waals surface area (Å²) in [5, 5.41) is 3.36. The van der Waals surface area contributed by atoms with Gasteiger partial charge in [0.05, 0.1) is 6.04 Å². The van der Waals surface area contributed by atoms with Gasteiger partial charge in [-0.05, 0) is 36.8 Å². The predicted octanol–water partition coefficient (Wildman–Crippen LogP) is 2.71. The van der Waals surface area contributed by atoms with Crippen molar-refractivity contribution in [1.82, 2.24) is 9.88 Å². The quantitative estimate of drug-likeness (QED) is 0.862. The molecule has 1 amide bonds. The fraction of sp³-hybridized carbons (Fsp3) is 0.250. The van der Waals surface area contributed by atoms with Crippen LogP contribution in [0, 0.1) is 0 Å². The van der Waals surface area contributed by atoms with Gasteiger partial charge in [0.2, 0.25) is 0 Å². The van der Waals surface area contributed by atoms with Crippen LogP contribution in [0.4, 0.5) is 0 Å². The van der Waals surface area contributed by atoms with E-state index in [1.54, 1.807) is 42.1 Å². The van der Waals surface area contributed by atoms with Crippen LogP contribution in [-0.2, 0) is 16.6 Å². The number of hydrogen-bond donors (Lipinski definition) is 1.